The van der Waals surface area contributed by atoms with Gasteiger partial charge in [-0.25, -0.2) is 8.78 Å². The average Bonchev–Trinajstić information content (AvgIpc) is 2.80. The Balaban J connectivity index is 2.04. The van der Waals surface area contributed by atoms with E-state index in [-0.39, 0.29) is 42.2 Å². The lowest BCUT2D eigenvalue weighted by atomic mass is 9.92. The number of carbonyl (C=O) groups is 3. The van der Waals surface area contributed by atoms with Gasteiger partial charge in [-0.1, -0.05) is 19.3 Å². The zero-order valence-electron chi connectivity index (χ0n) is 21.0. The normalized spacial score (nSPS) is 17.9. The van der Waals surface area contributed by atoms with Crippen molar-refractivity contribution in [3.05, 3.63) is 23.3 Å². The fourth-order valence-corrected chi connectivity index (χ4v) is 4.91. The highest BCUT2D eigenvalue weighted by Gasteiger charge is 2.42. The summed E-state index contributed by atoms with van der Waals surface area (Å²) in [6.45, 7) is 6.06. The van der Waals surface area contributed by atoms with Crippen molar-refractivity contribution in [3.63, 3.8) is 0 Å². The summed E-state index contributed by atoms with van der Waals surface area (Å²) in [6.07, 6.45) is -1.67. The average molecular weight is 516 g/mol. The van der Waals surface area contributed by atoms with Gasteiger partial charge in [-0.15, -0.1) is 0 Å². The van der Waals surface area contributed by atoms with Crippen molar-refractivity contribution >= 4 is 23.4 Å². The molecule has 0 bridgehead atoms. The molecule has 3 rings (SSSR count). The van der Waals surface area contributed by atoms with Crippen LogP contribution in [0.3, 0.4) is 0 Å². The van der Waals surface area contributed by atoms with Gasteiger partial charge in [0.1, 0.15) is 5.75 Å². The fourth-order valence-electron chi connectivity index (χ4n) is 4.91. The largest absolute Gasteiger partial charge is 0.476 e. The number of alkyl halides is 4. The molecule has 1 saturated carbocycles. The van der Waals surface area contributed by atoms with Gasteiger partial charge in [-0.2, -0.15) is 8.78 Å². The van der Waals surface area contributed by atoms with Gasteiger partial charge in [0, 0.05) is 30.7 Å². The number of amides is 3. The van der Waals surface area contributed by atoms with Crippen LogP contribution in [-0.4, -0.2) is 59.8 Å². The lowest BCUT2D eigenvalue weighted by Crippen LogP contribution is -2.54. The molecule has 1 aromatic carbocycles. The summed E-state index contributed by atoms with van der Waals surface area (Å²) in [6, 6.07) is 1.98. The minimum Gasteiger partial charge on any atom is -0.476 e. The minimum absolute atomic E-state index is 0.0274. The first kappa shape index (κ1) is 27.7. The van der Waals surface area contributed by atoms with Crippen LogP contribution in [-0.2, 0) is 9.59 Å². The number of nitrogens with one attached hydrogen (secondary N) is 1. The summed E-state index contributed by atoms with van der Waals surface area (Å²) in [5, 5.41) is 2.03. The van der Waals surface area contributed by atoms with Crippen LogP contribution in [0.15, 0.2) is 12.1 Å². The Labute approximate surface area is 208 Å². The third-order valence-corrected chi connectivity index (χ3v) is 6.60. The van der Waals surface area contributed by atoms with E-state index in [1.807, 2.05) is 19.2 Å². The number of anilines is 1. The summed E-state index contributed by atoms with van der Waals surface area (Å²) in [4.78, 5) is 40.9. The molecule has 0 atom stereocenters. The number of ether oxygens (including phenoxy) is 1. The minimum atomic E-state index is -3.21. The number of halogens is 4. The molecule has 1 aliphatic carbocycles. The van der Waals surface area contributed by atoms with E-state index >= 15 is 0 Å². The quantitative estimate of drug-likeness (QED) is 0.510. The molecule has 7 nitrogen and oxygen atoms in total. The molecule has 1 heterocycles. The molecule has 11 heteroatoms. The second-order valence-corrected chi connectivity index (χ2v) is 9.97. The molecule has 0 spiro atoms. The van der Waals surface area contributed by atoms with Gasteiger partial charge in [-0.05, 0) is 52.7 Å². The van der Waals surface area contributed by atoms with E-state index in [0.29, 0.717) is 0 Å². The molecular weight excluding hydrogens is 482 g/mol. The molecule has 1 aliphatic heterocycles. The smallest absolute Gasteiger partial charge is 0.315 e. The molecule has 1 N–H and O–H groups in total. The van der Waals surface area contributed by atoms with Crippen molar-refractivity contribution in [1.29, 1.82) is 0 Å². The van der Waals surface area contributed by atoms with E-state index in [1.54, 1.807) is 4.90 Å². The highest BCUT2D eigenvalue weighted by molar-refractivity contribution is 6.05. The number of nitrogens with zero attached hydrogens (tertiary/aromatic N) is 2. The van der Waals surface area contributed by atoms with Crippen molar-refractivity contribution < 1.29 is 36.7 Å². The molecule has 1 fully saturated rings. The zero-order valence-corrected chi connectivity index (χ0v) is 21.0. The van der Waals surface area contributed by atoms with Crippen LogP contribution in [0.4, 0.5) is 23.2 Å². The van der Waals surface area contributed by atoms with Gasteiger partial charge in [0.15, 0.2) is 5.60 Å². The second-order valence-electron chi connectivity index (χ2n) is 9.97. The van der Waals surface area contributed by atoms with Crippen LogP contribution >= 0.6 is 0 Å². The Hall–Kier alpha value is -2.85. The van der Waals surface area contributed by atoms with Crippen molar-refractivity contribution in [1.82, 2.24) is 10.2 Å². The second kappa shape index (κ2) is 11.0. The van der Waals surface area contributed by atoms with E-state index in [9.17, 15) is 31.9 Å². The van der Waals surface area contributed by atoms with E-state index in [0.717, 1.165) is 38.2 Å². The van der Waals surface area contributed by atoms with E-state index in [1.165, 1.54) is 24.8 Å². The Morgan fingerprint density at radius 3 is 2.33 bits per heavy atom. The predicted molar refractivity (Wildman–Crippen MR) is 126 cm³/mol. The molecule has 0 unspecified atom stereocenters. The Morgan fingerprint density at radius 2 is 1.78 bits per heavy atom. The number of fused-ring (bicyclic) bond motifs is 1. The van der Waals surface area contributed by atoms with E-state index in [4.69, 9.17) is 4.74 Å². The topological polar surface area (TPSA) is 79.0 Å². The van der Waals surface area contributed by atoms with Crippen LogP contribution in [0.5, 0.6) is 5.75 Å². The Bertz CT molecular complexity index is 994. The molecule has 0 radical (unpaired) electrons. The standard InChI is InChI=1S/C25H33F4N3O4/c1-14(2)32(15-8-6-5-7-9-15)23(34)17-12-18-19(13-16(17)20(26)27)36-25(3,4)24(35)31(18)11-10-30-22(33)21(28)29/h12-15,20-21H,5-11H2,1-4H3,(H,30,33). The third-order valence-electron chi connectivity index (χ3n) is 6.60. The molecule has 0 saturated heterocycles. The molecule has 0 aromatic heterocycles. The van der Waals surface area contributed by atoms with Crippen molar-refractivity contribution in [2.24, 2.45) is 0 Å². The molecule has 2 aliphatic rings. The summed E-state index contributed by atoms with van der Waals surface area (Å²) in [5.41, 5.74) is -2.10. The van der Waals surface area contributed by atoms with Crippen LogP contribution in [0, 0.1) is 0 Å². The first-order chi connectivity index (χ1) is 16.8. The van der Waals surface area contributed by atoms with Gasteiger partial charge in [0.25, 0.3) is 24.1 Å². The van der Waals surface area contributed by atoms with Crippen LogP contribution < -0.4 is 15.0 Å². The molecule has 36 heavy (non-hydrogen) atoms. The van der Waals surface area contributed by atoms with E-state index in [2.05, 4.69) is 0 Å². The van der Waals surface area contributed by atoms with Gasteiger partial charge in [0.05, 0.1) is 11.3 Å². The van der Waals surface area contributed by atoms with Gasteiger partial charge in [-0.3, -0.25) is 14.4 Å². The molecule has 200 valence electrons. The van der Waals surface area contributed by atoms with Crippen molar-refractivity contribution in [2.45, 2.75) is 90.3 Å². The Morgan fingerprint density at radius 1 is 1.14 bits per heavy atom. The maximum Gasteiger partial charge on any atom is 0.315 e. The number of hydrogen-bond donors (Lipinski definition) is 1. The zero-order chi connectivity index (χ0) is 26.8. The monoisotopic (exact) mass is 515 g/mol. The van der Waals surface area contributed by atoms with Gasteiger partial charge < -0.3 is 19.9 Å². The van der Waals surface area contributed by atoms with Gasteiger partial charge in [0.2, 0.25) is 0 Å². The molecule has 3 amide bonds. The van der Waals surface area contributed by atoms with Crippen LogP contribution in [0.25, 0.3) is 0 Å². The number of benzene rings is 1. The van der Waals surface area contributed by atoms with Crippen LogP contribution in [0.2, 0.25) is 0 Å². The summed E-state index contributed by atoms with van der Waals surface area (Å²) in [7, 11) is 0. The summed E-state index contributed by atoms with van der Waals surface area (Å²) in [5.74, 6) is -2.63. The lowest BCUT2D eigenvalue weighted by Gasteiger charge is -2.40. The van der Waals surface area contributed by atoms with Crippen LogP contribution in [0.1, 0.15) is 82.1 Å². The number of carbonyl (C=O) groups excluding carboxylic acids is 3. The fraction of sp³-hybridized carbons (Fsp3) is 0.640. The SMILES string of the molecule is CC(C)N(C(=O)c1cc2c(cc1C(F)F)OC(C)(C)C(=O)N2CCNC(=O)C(F)F)C1CCCCC1. The molecular formula is C25H33F4N3O4. The predicted octanol–water partition coefficient (Wildman–Crippen LogP) is 4.69. The maximum atomic E-state index is 14.2. The molecule has 1 aromatic rings. The highest BCUT2D eigenvalue weighted by atomic mass is 19.3. The maximum absolute atomic E-state index is 14.2. The number of hydrogen-bond acceptors (Lipinski definition) is 4. The summed E-state index contributed by atoms with van der Waals surface area (Å²) < 4.78 is 59.2. The van der Waals surface area contributed by atoms with Crippen molar-refractivity contribution in [3.8, 4) is 5.75 Å². The Kier molecular flexibility index (Phi) is 8.51. The lowest BCUT2D eigenvalue weighted by molar-refractivity contribution is -0.133. The van der Waals surface area contributed by atoms with E-state index < -0.39 is 41.7 Å². The third kappa shape index (κ3) is 5.75. The van der Waals surface area contributed by atoms with Gasteiger partial charge >= 0.3 is 6.43 Å². The van der Waals surface area contributed by atoms with Crippen molar-refractivity contribution in [2.75, 3.05) is 18.0 Å². The first-order valence-corrected chi connectivity index (χ1v) is 12.2. The summed E-state index contributed by atoms with van der Waals surface area (Å²) >= 11 is 0. The first-order valence-electron chi connectivity index (χ1n) is 12.2. The highest BCUT2D eigenvalue weighted by Crippen LogP contribution is 2.42. The number of rotatable bonds is 8.